The number of rotatable bonds is 7. The second-order valence-corrected chi connectivity index (χ2v) is 4.59. The smallest absolute Gasteiger partial charge is 0.396 e. The molecule has 0 aliphatic heterocycles. The van der Waals surface area contributed by atoms with E-state index in [0.29, 0.717) is 12.2 Å². The number of benzene rings is 1. The van der Waals surface area contributed by atoms with E-state index in [1.165, 1.54) is 6.07 Å². The first-order valence-electron chi connectivity index (χ1n) is 6.47. The molecule has 0 aromatic heterocycles. The molecule has 19 heavy (non-hydrogen) atoms. The fourth-order valence-corrected chi connectivity index (χ4v) is 1.80. The second-order valence-electron chi connectivity index (χ2n) is 4.59. The van der Waals surface area contributed by atoms with E-state index in [2.05, 4.69) is 5.32 Å². The lowest BCUT2D eigenvalue weighted by Crippen LogP contribution is -2.08. The minimum atomic E-state index is -4.30. The molecule has 0 saturated heterocycles. The zero-order chi connectivity index (χ0) is 14.3. The molecule has 0 unspecified atom stereocenters. The van der Waals surface area contributed by atoms with E-state index in [-0.39, 0.29) is 6.61 Å². The molecule has 1 rings (SSSR count). The Morgan fingerprint density at radius 3 is 2.42 bits per heavy atom. The third kappa shape index (κ3) is 5.51. The van der Waals surface area contributed by atoms with Crippen molar-refractivity contribution in [3.63, 3.8) is 0 Å². The average Bonchev–Trinajstić information content (AvgIpc) is 2.34. The number of aliphatic hydroxyl groups is 1. The van der Waals surface area contributed by atoms with Gasteiger partial charge >= 0.3 is 6.18 Å². The van der Waals surface area contributed by atoms with Crippen LogP contribution in [0.2, 0.25) is 0 Å². The maximum Gasteiger partial charge on any atom is 0.416 e. The molecule has 2 N–H and O–H groups in total. The Bertz CT molecular complexity index is 391. The molecular formula is C14H20F3NO. The molecule has 0 fully saturated rings. The maximum absolute atomic E-state index is 12.6. The van der Waals surface area contributed by atoms with E-state index in [1.54, 1.807) is 6.92 Å². The van der Waals surface area contributed by atoms with Crippen LogP contribution in [0.1, 0.15) is 36.8 Å². The van der Waals surface area contributed by atoms with Crippen molar-refractivity contribution in [2.75, 3.05) is 18.5 Å². The van der Waals surface area contributed by atoms with Crippen LogP contribution >= 0.6 is 0 Å². The van der Waals surface area contributed by atoms with E-state index in [0.717, 1.165) is 43.4 Å². The SMILES string of the molecule is Cc1ccc(C(F)(F)F)cc1NCCCCCCO. The summed E-state index contributed by atoms with van der Waals surface area (Å²) in [6.45, 7) is 2.63. The molecule has 0 bridgehead atoms. The fraction of sp³-hybridized carbons (Fsp3) is 0.571. The first-order valence-corrected chi connectivity index (χ1v) is 6.47. The number of hydrogen-bond acceptors (Lipinski definition) is 2. The summed E-state index contributed by atoms with van der Waals surface area (Å²) < 4.78 is 37.7. The van der Waals surface area contributed by atoms with Crippen LogP contribution in [-0.2, 0) is 6.18 Å². The summed E-state index contributed by atoms with van der Waals surface area (Å²) in [5.74, 6) is 0. The molecule has 0 spiro atoms. The number of unbranched alkanes of at least 4 members (excludes halogenated alkanes) is 3. The molecule has 0 aliphatic carbocycles. The van der Waals surface area contributed by atoms with Crippen molar-refractivity contribution in [3.8, 4) is 0 Å². The number of alkyl halides is 3. The van der Waals surface area contributed by atoms with Gasteiger partial charge in [-0.1, -0.05) is 18.9 Å². The molecule has 0 aliphatic rings. The molecule has 1 aromatic rings. The van der Waals surface area contributed by atoms with Crippen LogP contribution in [0.25, 0.3) is 0 Å². The van der Waals surface area contributed by atoms with Crippen LogP contribution in [0.15, 0.2) is 18.2 Å². The van der Waals surface area contributed by atoms with Crippen molar-refractivity contribution in [3.05, 3.63) is 29.3 Å². The van der Waals surface area contributed by atoms with Gasteiger partial charge in [-0.15, -0.1) is 0 Å². The average molecular weight is 275 g/mol. The van der Waals surface area contributed by atoms with Gasteiger partial charge in [0.25, 0.3) is 0 Å². The van der Waals surface area contributed by atoms with Crippen LogP contribution < -0.4 is 5.32 Å². The van der Waals surface area contributed by atoms with Crippen LogP contribution in [0, 0.1) is 6.92 Å². The van der Waals surface area contributed by atoms with E-state index in [1.807, 2.05) is 0 Å². The third-order valence-electron chi connectivity index (χ3n) is 2.97. The Morgan fingerprint density at radius 2 is 1.79 bits per heavy atom. The Balaban J connectivity index is 2.49. The van der Waals surface area contributed by atoms with Crippen LogP contribution in [-0.4, -0.2) is 18.3 Å². The van der Waals surface area contributed by atoms with E-state index < -0.39 is 11.7 Å². The Morgan fingerprint density at radius 1 is 1.11 bits per heavy atom. The summed E-state index contributed by atoms with van der Waals surface area (Å²) in [7, 11) is 0. The molecule has 0 atom stereocenters. The highest BCUT2D eigenvalue weighted by atomic mass is 19.4. The summed E-state index contributed by atoms with van der Waals surface area (Å²) in [4.78, 5) is 0. The molecule has 2 nitrogen and oxygen atoms in total. The highest BCUT2D eigenvalue weighted by Gasteiger charge is 2.30. The van der Waals surface area contributed by atoms with Gasteiger partial charge in [-0.2, -0.15) is 13.2 Å². The predicted molar refractivity (Wildman–Crippen MR) is 70.2 cm³/mol. The molecule has 1 aromatic carbocycles. The van der Waals surface area contributed by atoms with Gasteiger partial charge in [0.2, 0.25) is 0 Å². The lowest BCUT2D eigenvalue weighted by Gasteiger charge is -2.13. The van der Waals surface area contributed by atoms with Crippen molar-refractivity contribution in [1.82, 2.24) is 0 Å². The first kappa shape index (κ1) is 15.8. The molecular weight excluding hydrogens is 255 g/mol. The minimum absolute atomic E-state index is 0.195. The Kier molecular flexibility index (Phi) is 6.15. The summed E-state index contributed by atoms with van der Waals surface area (Å²) in [6.07, 6.45) is -0.727. The summed E-state index contributed by atoms with van der Waals surface area (Å²) in [6, 6.07) is 3.74. The van der Waals surface area contributed by atoms with Gasteiger partial charge in [0.05, 0.1) is 5.56 Å². The number of anilines is 1. The van der Waals surface area contributed by atoms with Gasteiger partial charge < -0.3 is 10.4 Å². The van der Waals surface area contributed by atoms with Crippen molar-refractivity contribution in [2.24, 2.45) is 0 Å². The standard InChI is InChI=1S/C14H20F3NO/c1-11-6-7-12(14(15,16)17)10-13(11)18-8-4-2-3-5-9-19/h6-7,10,18-19H,2-5,8-9H2,1H3. The highest BCUT2D eigenvalue weighted by molar-refractivity contribution is 5.53. The van der Waals surface area contributed by atoms with Crippen molar-refractivity contribution in [1.29, 1.82) is 0 Å². The molecule has 0 heterocycles. The van der Waals surface area contributed by atoms with Crippen molar-refractivity contribution < 1.29 is 18.3 Å². The molecule has 0 amide bonds. The van der Waals surface area contributed by atoms with E-state index >= 15 is 0 Å². The number of nitrogens with one attached hydrogen (secondary N) is 1. The largest absolute Gasteiger partial charge is 0.416 e. The number of aryl methyl sites for hydroxylation is 1. The second kappa shape index (κ2) is 7.38. The van der Waals surface area contributed by atoms with Crippen LogP contribution in [0.4, 0.5) is 18.9 Å². The van der Waals surface area contributed by atoms with E-state index in [4.69, 9.17) is 5.11 Å². The molecule has 0 saturated carbocycles. The highest BCUT2D eigenvalue weighted by Crippen LogP contribution is 2.31. The van der Waals surface area contributed by atoms with E-state index in [9.17, 15) is 13.2 Å². The lowest BCUT2D eigenvalue weighted by molar-refractivity contribution is -0.137. The summed E-state index contributed by atoms with van der Waals surface area (Å²) in [5, 5.41) is 11.7. The van der Waals surface area contributed by atoms with Gasteiger partial charge in [-0.3, -0.25) is 0 Å². The zero-order valence-corrected chi connectivity index (χ0v) is 11.1. The Labute approximate surface area is 111 Å². The molecule has 5 heteroatoms. The molecule has 0 radical (unpaired) electrons. The third-order valence-corrected chi connectivity index (χ3v) is 2.97. The van der Waals surface area contributed by atoms with Crippen molar-refractivity contribution >= 4 is 5.69 Å². The predicted octanol–water partition coefficient (Wildman–Crippen LogP) is 3.98. The quantitative estimate of drug-likeness (QED) is 0.738. The van der Waals surface area contributed by atoms with Gasteiger partial charge in [-0.25, -0.2) is 0 Å². The normalized spacial score (nSPS) is 11.6. The topological polar surface area (TPSA) is 32.3 Å². The zero-order valence-electron chi connectivity index (χ0n) is 11.1. The van der Waals surface area contributed by atoms with Gasteiger partial charge in [0.15, 0.2) is 0 Å². The van der Waals surface area contributed by atoms with Gasteiger partial charge in [0, 0.05) is 18.8 Å². The summed E-state index contributed by atoms with van der Waals surface area (Å²) in [5.41, 5.74) is 0.723. The van der Waals surface area contributed by atoms with Crippen LogP contribution in [0.5, 0.6) is 0 Å². The van der Waals surface area contributed by atoms with Crippen molar-refractivity contribution in [2.45, 2.75) is 38.8 Å². The fourth-order valence-electron chi connectivity index (χ4n) is 1.80. The molecule has 108 valence electrons. The summed E-state index contributed by atoms with van der Waals surface area (Å²) >= 11 is 0. The first-order chi connectivity index (χ1) is 8.95. The van der Waals surface area contributed by atoms with Gasteiger partial charge in [-0.05, 0) is 37.5 Å². The Hall–Kier alpha value is -1.23. The number of hydrogen-bond donors (Lipinski definition) is 2. The maximum atomic E-state index is 12.6. The monoisotopic (exact) mass is 275 g/mol. The lowest BCUT2D eigenvalue weighted by atomic mass is 10.1. The van der Waals surface area contributed by atoms with Crippen LogP contribution in [0.3, 0.4) is 0 Å². The number of halogens is 3. The number of aliphatic hydroxyl groups excluding tert-OH is 1. The minimum Gasteiger partial charge on any atom is -0.396 e. The van der Waals surface area contributed by atoms with Gasteiger partial charge in [0.1, 0.15) is 0 Å².